The van der Waals surface area contributed by atoms with E-state index >= 15 is 0 Å². The zero-order valence-corrected chi connectivity index (χ0v) is 18.0. The van der Waals surface area contributed by atoms with Crippen LogP contribution in [0, 0.1) is 0 Å². The lowest BCUT2D eigenvalue weighted by Crippen LogP contribution is -2.60. The molecule has 2 fully saturated rings. The van der Waals surface area contributed by atoms with E-state index in [1.165, 1.54) is 5.56 Å². The van der Waals surface area contributed by atoms with Crippen LogP contribution in [0.2, 0.25) is 0 Å². The van der Waals surface area contributed by atoms with E-state index in [0.29, 0.717) is 13.2 Å². The summed E-state index contributed by atoms with van der Waals surface area (Å²) in [5.41, 5.74) is 10.2. The zero-order valence-electron chi connectivity index (χ0n) is 18.0. The van der Waals surface area contributed by atoms with Crippen LogP contribution < -0.4 is 0 Å². The summed E-state index contributed by atoms with van der Waals surface area (Å²) in [6.07, 6.45) is 3.64. The van der Waals surface area contributed by atoms with E-state index in [1.807, 2.05) is 32.0 Å². The van der Waals surface area contributed by atoms with Crippen molar-refractivity contribution in [1.82, 2.24) is 4.90 Å². The lowest BCUT2D eigenvalue weighted by molar-refractivity contribution is -0.150. The molecular weight excluding hydrogens is 384 g/mol. The van der Waals surface area contributed by atoms with Gasteiger partial charge in [-0.2, -0.15) is 0 Å². The van der Waals surface area contributed by atoms with Gasteiger partial charge in [-0.3, -0.25) is 4.90 Å². The number of aliphatic hydroxyl groups is 1. The Balaban J connectivity index is 1.39. The molecule has 166 valence electrons. The molecule has 2 aliphatic heterocycles. The number of aliphatic hydroxyl groups excluding tert-OH is 1. The van der Waals surface area contributed by atoms with Crippen molar-refractivity contribution < 1.29 is 19.3 Å². The number of likely N-dealkylation sites (tertiary alicyclic amines) is 1. The molecule has 0 radical (unpaired) electrons. The molecule has 1 aromatic rings. The summed E-state index contributed by atoms with van der Waals surface area (Å²) in [5.74, 6) is -0.734. The minimum absolute atomic E-state index is 0.00306. The summed E-state index contributed by atoms with van der Waals surface area (Å²) in [4.78, 5) is 5.19. The highest BCUT2D eigenvalue weighted by Gasteiger charge is 2.52. The van der Waals surface area contributed by atoms with E-state index in [4.69, 9.17) is 19.7 Å². The number of hydrogen-bond donors (Lipinski definition) is 1. The molecule has 0 amide bonds. The molecule has 8 heteroatoms. The highest BCUT2D eigenvalue weighted by atomic mass is 16.8. The molecule has 2 heterocycles. The largest absolute Gasteiger partial charge is 0.395 e. The van der Waals surface area contributed by atoms with Gasteiger partial charge >= 0.3 is 0 Å². The first kappa shape index (κ1) is 23.0. The fourth-order valence-electron chi connectivity index (χ4n) is 4.38. The van der Waals surface area contributed by atoms with Crippen molar-refractivity contribution in [2.45, 2.75) is 76.2 Å². The number of hydrogen-bond acceptors (Lipinski definition) is 6. The molecule has 0 spiro atoms. The van der Waals surface area contributed by atoms with Crippen LogP contribution in [0.1, 0.15) is 45.1 Å². The smallest absolute Gasteiger partial charge is 0.163 e. The monoisotopic (exact) mass is 418 g/mol. The predicted octanol–water partition coefficient (Wildman–Crippen LogP) is 3.64. The Bertz CT molecular complexity index is 696. The number of rotatable bonds is 11. The Hall–Kier alpha value is -1.67. The average Bonchev–Trinajstić information content (AvgIpc) is 3.06. The number of ether oxygens (including phenoxy) is 3. The average molecular weight is 419 g/mol. The van der Waals surface area contributed by atoms with Crippen LogP contribution >= 0.6 is 0 Å². The van der Waals surface area contributed by atoms with Crippen molar-refractivity contribution >= 4 is 0 Å². The summed E-state index contributed by atoms with van der Waals surface area (Å²) >= 11 is 0. The van der Waals surface area contributed by atoms with Gasteiger partial charge in [0.2, 0.25) is 0 Å². The van der Waals surface area contributed by atoms with E-state index in [9.17, 15) is 5.11 Å². The van der Waals surface area contributed by atoms with Gasteiger partial charge in [-0.05, 0) is 44.3 Å². The first-order valence-corrected chi connectivity index (χ1v) is 10.9. The van der Waals surface area contributed by atoms with Gasteiger partial charge in [0.15, 0.2) is 5.79 Å². The molecule has 30 heavy (non-hydrogen) atoms. The molecule has 0 unspecified atom stereocenters. The van der Waals surface area contributed by atoms with Crippen molar-refractivity contribution in [3.8, 4) is 0 Å². The van der Waals surface area contributed by atoms with Crippen molar-refractivity contribution in [3.05, 3.63) is 46.3 Å². The Morgan fingerprint density at radius 1 is 1.17 bits per heavy atom. The molecule has 1 aromatic carbocycles. The van der Waals surface area contributed by atoms with Gasteiger partial charge in [0, 0.05) is 18.1 Å². The quantitative estimate of drug-likeness (QED) is 0.256. The lowest BCUT2D eigenvalue weighted by Gasteiger charge is -2.43. The number of piperidine rings is 1. The maximum atomic E-state index is 9.99. The van der Waals surface area contributed by atoms with Gasteiger partial charge in [0.1, 0.15) is 6.10 Å². The van der Waals surface area contributed by atoms with Crippen molar-refractivity contribution in [3.63, 3.8) is 0 Å². The van der Waals surface area contributed by atoms with E-state index < -0.39 is 5.79 Å². The topological polar surface area (TPSA) is 99.9 Å². The third kappa shape index (κ3) is 6.17. The first-order valence-electron chi connectivity index (χ1n) is 10.9. The van der Waals surface area contributed by atoms with Crippen molar-refractivity contribution in [2.75, 3.05) is 26.3 Å². The Kier molecular flexibility index (Phi) is 8.50. The molecule has 0 bridgehead atoms. The molecule has 1 N–H and O–H groups in total. The lowest BCUT2D eigenvalue weighted by atomic mass is 9.92. The number of fused-ring (bicyclic) bond motifs is 1. The normalized spacial score (nSPS) is 28.1. The minimum atomic E-state index is -0.734. The second kappa shape index (κ2) is 11.1. The first-order chi connectivity index (χ1) is 14.5. The summed E-state index contributed by atoms with van der Waals surface area (Å²) in [6.45, 7) is 6.55. The SMILES string of the molecule is CC1(C)O[C@@H]2[C@H](O1)[C@@H](N=[N+]=[N-])CN(CCCCCCOCc1ccccc1)[C@@H]2CO. The van der Waals surface area contributed by atoms with Gasteiger partial charge in [0.05, 0.1) is 31.4 Å². The highest BCUT2D eigenvalue weighted by Crippen LogP contribution is 2.37. The van der Waals surface area contributed by atoms with Crippen LogP contribution in [0.4, 0.5) is 0 Å². The van der Waals surface area contributed by atoms with Crippen LogP contribution in [-0.4, -0.2) is 66.4 Å². The Morgan fingerprint density at radius 3 is 2.63 bits per heavy atom. The fraction of sp³-hybridized carbons (Fsp3) is 0.727. The van der Waals surface area contributed by atoms with E-state index in [1.54, 1.807) is 0 Å². The van der Waals surface area contributed by atoms with Crippen molar-refractivity contribution in [2.24, 2.45) is 5.11 Å². The van der Waals surface area contributed by atoms with E-state index in [0.717, 1.165) is 38.8 Å². The maximum absolute atomic E-state index is 9.99. The highest BCUT2D eigenvalue weighted by molar-refractivity contribution is 5.13. The van der Waals surface area contributed by atoms with Gasteiger partial charge in [0.25, 0.3) is 0 Å². The third-order valence-electron chi connectivity index (χ3n) is 5.80. The van der Waals surface area contributed by atoms with E-state index in [2.05, 4.69) is 27.1 Å². The molecule has 4 atom stereocenters. The maximum Gasteiger partial charge on any atom is 0.163 e. The van der Waals surface area contributed by atoms with Crippen molar-refractivity contribution in [1.29, 1.82) is 0 Å². The van der Waals surface area contributed by atoms with Gasteiger partial charge in [-0.1, -0.05) is 48.3 Å². The summed E-state index contributed by atoms with van der Waals surface area (Å²) in [7, 11) is 0. The number of benzene rings is 1. The molecule has 8 nitrogen and oxygen atoms in total. The Morgan fingerprint density at radius 2 is 1.90 bits per heavy atom. The summed E-state index contributed by atoms with van der Waals surface area (Å²) in [5, 5.41) is 13.9. The standard InChI is InChI=1S/C22H34N4O4/c1-22(2)29-20-18(24-25-23)14-26(19(15-27)21(20)30-22)12-8-3-4-9-13-28-16-17-10-6-5-7-11-17/h5-7,10-11,18-21,27H,3-4,8-9,12-16H2,1-2H3/t18-,19+,20+,21-/m0/s1. The molecule has 3 rings (SSSR count). The molecule has 2 aliphatic rings. The van der Waals surface area contributed by atoms with Crippen LogP contribution in [0.5, 0.6) is 0 Å². The van der Waals surface area contributed by atoms with Gasteiger partial charge < -0.3 is 19.3 Å². The molecule has 0 saturated carbocycles. The number of nitrogens with zero attached hydrogens (tertiary/aromatic N) is 4. The van der Waals surface area contributed by atoms with Gasteiger partial charge in [-0.15, -0.1) is 0 Å². The predicted molar refractivity (Wildman–Crippen MR) is 114 cm³/mol. The molecular formula is C22H34N4O4. The van der Waals surface area contributed by atoms with Crippen LogP contribution in [0.3, 0.4) is 0 Å². The third-order valence-corrected chi connectivity index (χ3v) is 5.80. The fourth-order valence-corrected chi connectivity index (χ4v) is 4.38. The van der Waals surface area contributed by atoms with Crippen LogP contribution in [-0.2, 0) is 20.8 Å². The molecule has 0 aliphatic carbocycles. The zero-order chi connectivity index (χ0) is 21.4. The molecule has 2 saturated heterocycles. The minimum Gasteiger partial charge on any atom is -0.395 e. The van der Waals surface area contributed by atoms with Crippen LogP contribution in [0.15, 0.2) is 35.4 Å². The Labute approximate surface area is 178 Å². The summed E-state index contributed by atoms with van der Waals surface area (Å²) in [6, 6.07) is 9.76. The van der Waals surface area contributed by atoms with Crippen LogP contribution in [0.25, 0.3) is 10.4 Å². The van der Waals surface area contributed by atoms with Gasteiger partial charge in [-0.25, -0.2) is 0 Å². The summed E-state index contributed by atoms with van der Waals surface area (Å²) < 4.78 is 17.8. The second-order valence-corrected chi connectivity index (χ2v) is 8.53. The van der Waals surface area contributed by atoms with E-state index in [-0.39, 0.29) is 30.9 Å². The number of azide groups is 1. The second-order valence-electron chi connectivity index (χ2n) is 8.53. The molecule has 0 aromatic heterocycles. The number of unbranched alkanes of at least 4 members (excludes halogenated alkanes) is 3.